The van der Waals surface area contributed by atoms with Gasteiger partial charge in [-0.3, -0.25) is 14.7 Å². The molecule has 0 radical (unpaired) electrons. The Balaban J connectivity index is 0.000000339. The lowest BCUT2D eigenvalue weighted by Gasteiger charge is -2.46. The van der Waals surface area contributed by atoms with Crippen molar-refractivity contribution in [2.45, 2.75) is 57.0 Å². The Bertz CT molecular complexity index is 743. The van der Waals surface area contributed by atoms with Crippen LogP contribution in [0.4, 0.5) is 13.2 Å². The molecule has 1 aromatic heterocycles. The SMILES string of the molecule is O=C(CC1CC1)N[C@@H]1CN(Cc2cccnc2)C[C@@H]2CCCO[C@@H]21.O=C(O)C(F)(F)F. The third-order valence-corrected chi connectivity index (χ3v) is 5.73. The van der Waals surface area contributed by atoms with Gasteiger partial charge in [-0.15, -0.1) is 0 Å². The lowest BCUT2D eigenvalue weighted by atomic mass is 9.85. The van der Waals surface area contributed by atoms with Crippen molar-refractivity contribution >= 4 is 11.9 Å². The molecule has 2 saturated heterocycles. The summed E-state index contributed by atoms with van der Waals surface area (Å²) in [5, 5.41) is 10.4. The summed E-state index contributed by atoms with van der Waals surface area (Å²) >= 11 is 0. The number of rotatable bonds is 5. The Morgan fingerprint density at radius 3 is 2.61 bits per heavy atom. The first-order valence-corrected chi connectivity index (χ1v) is 10.5. The smallest absolute Gasteiger partial charge is 0.475 e. The van der Waals surface area contributed by atoms with Crippen molar-refractivity contribution in [2.24, 2.45) is 11.8 Å². The third kappa shape index (κ3) is 7.46. The number of hydrogen-bond donors (Lipinski definition) is 2. The molecule has 3 heterocycles. The largest absolute Gasteiger partial charge is 0.490 e. The Morgan fingerprint density at radius 2 is 2.00 bits per heavy atom. The maximum atomic E-state index is 12.3. The number of carboxylic acid groups (broad SMARTS) is 1. The number of carboxylic acids is 1. The van der Waals surface area contributed by atoms with E-state index in [1.54, 1.807) is 0 Å². The van der Waals surface area contributed by atoms with Gasteiger partial charge < -0.3 is 15.2 Å². The molecule has 31 heavy (non-hydrogen) atoms. The normalized spacial score (nSPS) is 26.2. The molecular weight excluding hydrogens is 415 g/mol. The van der Waals surface area contributed by atoms with Crippen LogP contribution in [0.3, 0.4) is 0 Å². The number of fused-ring (bicyclic) bond motifs is 1. The van der Waals surface area contributed by atoms with Gasteiger partial charge >= 0.3 is 12.1 Å². The molecule has 0 spiro atoms. The number of alkyl halides is 3. The number of hydrogen-bond acceptors (Lipinski definition) is 5. The summed E-state index contributed by atoms with van der Waals surface area (Å²) < 4.78 is 37.8. The first-order valence-electron chi connectivity index (χ1n) is 10.5. The molecule has 7 nitrogen and oxygen atoms in total. The van der Waals surface area contributed by atoms with E-state index in [0.29, 0.717) is 18.3 Å². The maximum Gasteiger partial charge on any atom is 0.490 e. The Hall–Kier alpha value is -2.20. The van der Waals surface area contributed by atoms with E-state index in [2.05, 4.69) is 21.3 Å². The van der Waals surface area contributed by atoms with Crippen molar-refractivity contribution in [3.63, 3.8) is 0 Å². The highest BCUT2D eigenvalue weighted by Gasteiger charge is 2.40. The van der Waals surface area contributed by atoms with Gasteiger partial charge in [-0.1, -0.05) is 6.07 Å². The van der Waals surface area contributed by atoms with E-state index in [4.69, 9.17) is 14.6 Å². The molecule has 1 aliphatic carbocycles. The minimum atomic E-state index is -5.08. The van der Waals surface area contributed by atoms with Gasteiger partial charge in [-0.2, -0.15) is 13.2 Å². The van der Waals surface area contributed by atoms with E-state index >= 15 is 0 Å². The lowest BCUT2D eigenvalue weighted by molar-refractivity contribution is -0.192. The molecule has 3 atom stereocenters. The van der Waals surface area contributed by atoms with Crippen molar-refractivity contribution in [3.05, 3.63) is 30.1 Å². The molecular formula is C21H28F3N3O4. The van der Waals surface area contributed by atoms with Crippen molar-refractivity contribution in [3.8, 4) is 0 Å². The Morgan fingerprint density at radius 1 is 1.26 bits per heavy atom. The van der Waals surface area contributed by atoms with Crippen LogP contribution < -0.4 is 5.32 Å². The van der Waals surface area contributed by atoms with Gasteiger partial charge in [0.05, 0.1) is 12.1 Å². The summed E-state index contributed by atoms with van der Waals surface area (Å²) in [6.07, 6.45) is 4.30. The summed E-state index contributed by atoms with van der Waals surface area (Å²) in [7, 11) is 0. The molecule has 1 amide bonds. The second kappa shape index (κ2) is 10.4. The molecule has 1 aromatic rings. The number of nitrogens with one attached hydrogen (secondary N) is 1. The summed E-state index contributed by atoms with van der Waals surface area (Å²) in [6.45, 7) is 3.64. The average molecular weight is 443 g/mol. The minimum Gasteiger partial charge on any atom is -0.475 e. The second-order valence-corrected chi connectivity index (χ2v) is 8.42. The first kappa shape index (κ1) is 23.5. The fourth-order valence-corrected chi connectivity index (χ4v) is 4.15. The van der Waals surface area contributed by atoms with Crippen molar-refractivity contribution < 1.29 is 32.6 Å². The quantitative estimate of drug-likeness (QED) is 0.727. The number of piperidine rings is 1. The van der Waals surface area contributed by atoms with Gasteiger partial charge in [0, 0.05) is 45.1 Å². The molecule has 1 saturated carbocycles. The van der Waals surface area contributed by atoms with E-state index in [0.717, 1.165) is 32.7 Å². The van der Waals surface area contributed by atoms with E-state index in [1.807, 2.05) is 18.5 Å². The molecule has 0 bridgehead atoms. The molecule has 3 fully saturated rings. The van der Waals surface area contributed by atoms with Crippen LogP contribution in [0.2, 0.25) is 0 Å². The molecule has 2 aliphatic heterocycles. The molecule has 0 unspecified atom stereocenters. The molecule has 3 aliphatic rings. The zero-order valence-electron chi connectivity index (χ0n) is 17.2. The van der Waals surface area contributed by atoms with Crippen molar-refractivity contribution in [1.82, 2.24) is 15.2 Å². The van der Waals surface area contributed by atoms with Crippen LogP contribution in [-0.4, -0.2) is 64.9 Å². The number of pyridine rings is 1. The molecule has 0 aromatic carbocycles. The Labute approximate surface area is 179 Å². The van der Waals surface area contributed by atoms with E-state index in [9.17, 15) is 18.0 Å². The number of carbonyl (C=O) groups excluding carboxylic acids is 1. The number of nitrogens with zero attached hydrogens (tertiary/aromatic N) is 2. The molecule has 4 rings (SSSR count). The Kier molecular flexibility index (Phi) is 7.88. The van der Waals surface area contributed by atoms with Crippen LogP contribution in [0.5, 0.6) is 0 Å². The number of carbonyl (C=O) groups is 2. The number of halogens is 3. The summed E-state index contributed by atoms with van der Waals surface area (Å²) in [5.41, 5.74) is 1.23. The van der Waals surface area contributed by atoms with Crippen LogP contribution in [0.15, 0.2) is 24.5 Å². The van der Waals surface area contributed by atoms with Crippen molar-refractivity contribution in [2.75, 3.05) is 19.7 Å². The highest BCUT2D eigenvalue weighted by atomic mass is 19.4. The summed E-state index contributed by atoms with van der Waals surface area (Å²) in [6, 6.07) is 4.23. The number of amides is 1. The summed E-state index contributed by atoms with van der Waals surface area (Å²) in [4.78, 5) is 27.9. The fraction of sp³-hybridized carbons (Fsp3) is 0.667. The number of aromatic nitrogens is 1. The van der Waals surface area contributed by atoms with Gasteiger partial charge in [-0.25, -0.2) is 4.79 Å². The number of ether oxygens (including phenoxy) is 1. The standard InChI is InChI=1S/C19H27N3O2.C2HF3O2/c23-18(9-14-5-6-14)21-17-13-22(11-15-3-1-7-20-10-15)12-16-4-2-8-24-19(16)17;3-2(4,5)1(6)7/h1,3,7,10,14,16-17,19H,2,4-6,8-9,11-13H2,(H,21,23);(H,6,7)/t16-,17+,19-;/m0./s1. The van der Waals surface area contributed by atoms with Gasteiger partial charge in [0.2, 0.25) is 5.91 Å². The maximum absolute atomic E-state index is 12.3. The van der Waals surface area contributed by atoms with Crippen molar-refractivity contribution in [1.29, 1.82) is 0 Å². The number of aliphatic carboxylic acids is 1. The van der Waals surface area contributed by atoms with Gasteiger partial charge in [0.25, 0.3) is 0 Å². The molecule has 172 valence electrons. The van der Waals surface area contributed by atoms with Crippen LogP contribution in [-0.2, 0) is 20.9 Å². The zero-order valence-corrected chi connectivity index (χ0v) is 17.2. The van der Waals surface area contributed by atoms with E-state index < -0.39 is 12.1 Å². The molecule has 10 heteroatoms. The highest BCUT2D eigenvalue weighted by molar-refractivity contribution is 5.77. The predicted octanol–water partition coefficient (Wildman–Crippen LogP) is 2.61. The monoisotopic (exact) mass is 443 g/mol. The van der Waals surface area contributed by atoms with Gasteiger partial charge in [-0.05, 0) is 49.1 Å². The molecule has 2 N–H and O–H groups in total. The van der Waals surface area contributed by atoms with Crippen LogP contribution in [0.1, 0.15) is 37.7 Å². The van der Waals surface area contributed by atoms with Crippen LogP contribution in [0.25, 0.3) is 0 Å². The third-order valence-electron chi connectivity index (χ3n) is 5.73. The van der Waals surface area contributed by atoms with E-state index in [1.165, 1.54) is 24.8 Å². The lowest BCUT2D eigenvalue weighted by Crippen LogP contribution is -2.60. The zero-order chi connectivity index (χ0) is 22.4. The first-order chi connectivity index (χ1) is 14.7. The van der Waals surface area contributed by atoms with Crippen LogP contribution in [0, 0.1) is 11.8 Å². The second-order valence-electron chi connectivity index (χ2n) is 8.42. The highest BCUT2D eigenvalue weighted by Crippen LogP contribution is 2.33. The fourth-order valence-electron chi connectivity index (χ4n) is 4.15. The topological polar surface area (TPSA) is 91.8 Å². The van der Waals surface area contributed by atoms with Gasteiger partial charge in [0.1, 0.15) is 0 Å². The number of likely N-dealkylation sites (tertiary alicyclic amines) is 1. The van der Waals surface area contributed by atoms with Crippen LogP contribution >= 0.6 is 0 Å². The van der Waals surface area contributed by atoms with Gasteiger partial charge in [0.15, 0.2) is 0 Å². The predicted molar refractivity (Wildman–Crippen MR) is 105 cm³/mol. The van der Waals surface area contributed by atoms with E-state index in [-0.39, 0.29) is 18.1 Å². The average Bonchev–Trinajstić information content (AvgIpc) is 3.52. The minimum absolute atomic E-state index is 0.118. The summed E-state index contributed by atoms with van der Waals surface area (Å²) in [5.74, 6) is -1.40.